The van der Waals surface area contributed by atoms with Crippen molar-refractivity contribution < 1.29 is 5.11 Å². The van der Waals surface area contributed by atoms with Gasteiger partial charge in [0.2, 0.25) is 0 Å². The van der Waals surface area contributed by atoms with E-state index in [4.69, 9.17) is 0 Å². The molecule has 0 heterocycles. The van der Waals surface area contributed by atoms with Gasteiger partial charge in [0.05, 0.1) is 5.60 Å². The van der Waals surface area contributed by atoms with E-state index >= 15 is 0 Å². The summed E-state index contributed by atoms with van der Waals surface area (Å²) in [5.74, 6) is 0.516. The maximum Gasteiger partial charge on any atom is 0.0645 e. The Morgan fingerprint density at radius 3 is 2.38 bits per heavy atom. The number of rotatable bonds is 0. The topological polar surface area (TPSA) is 20.2 Å². The predicted molar refractivity (Wildman–Crippen MR) is 33.6 cm³/mol. The first-order valence-corrected chi connectivity index (χ1v) is 3.35. The molecule has 0 aliphatic heterocycles. The van der Waals surface area contributed by atoms with E-state index in [0.29, 0.717) is 5.92 Å². The molecule has 1 aliphatic carbocycles. The van der Waals surface area contributed by atoms with Gasteiger partial charge in [-0.05, 0) is 25.7 Å². The molecule has 0 unspecified atom stereocenters. The predicted octanol–water partition coefficient (Wildman–Crippen LogP) is 1.56. The Morgan fingerprint density at radius 2 is 2.25 bits per heavy atom. The Morgan fingerprint density at radius 1 is 1.62 bits per heavy atom. The van der Waals surface area contributed by atoms with Crippen molar-refractivity contribution in [1.82, 2.24) is 0 Å². The second kappa shape index (κ2) is 1.73. The fourth-order valence-electron chi connectivity index (χ4n) is 1.32. The highest BCUT2D eigenvalue weighted by Gasteiger charge is 2.32. The molecule has 0 aromatic rings. The van der Waals surface area contributed by atoms with Crippen LogP contribution in [0.25, 0.3) is 0 Å². The van der Waals surface area contributed by atoms with Crippen molar-refractivity contribution in [2.45, 2.75) is 38.7 Å². The van der Waals surface area contributed by atoms with Gasteiger partial charge in [-0.15, -0.1) is 0 Å². The zero-order chi connectivity index (χ0) is 6.20. The van der Waals surface area contributed by atoms with Crippen LogP contribution in [0.15, 0.2) is 0 Å². The van der Waals surface area contributed by atoms with Crippen LogP contribution in [-0.4, -0.2) is 10.7 Å². The molecule has 1 saturated carbocycles. The summed E-state index contributed by atoms with van der Waals surface area (Å²) < 4.78 is 0. The van der Waals surface area contributed by atoms with Gasteiger partial charge in [-0.2, -0.15) is 0 Å². The molecule has 1 rings (SSSR count). The van der Waals surface area contributed by atoms with E-state index in [1.807, 2.05) is 6.92 Å². The third-order valence-electron chi connectivity index (χ3n) is 2.38. The van der Waals surface area contributed by atoms with Crippen molar-refractivity contribution in [2.75, 3.05) is 0 Å². The van der Waals surface area contributed by atoms with Gasteiger partial charge in [-0.25, -0.2) is 0 Å². The lowest BCUT2D eigenvalue weighted by molar-refractivity contribution is 0.0284. The van der Waals surface area contributed by atoms with Gasteiger partial charge in [0.15, 0.2) is 0 Å². The van der Waals surface area contributed by atoms with Crippen molar-refractivity contribution in [3.8, 4) is 0 Å². The fraction of sp³-hybridized carbons (Fsp3) is 1.00. The summed E-state index contributed by atoms with van der Waals surface area (Å²) in [6, 6.07) is 0. The Bertz CT molecular complexity index is 86.4. The molecule has 2 atom stereocenters. The van der Waals surface area contributed by atoms with Crippen LogP contribution in [0.4, 0.5) is 0 Å². The number of aliphatic hydroxyl groups is 1. The third-order valence-corrected chi connectivity index (χ3v) is 2.38. The molecule has 0 saturated heterocycles. The van der Waals surface area contributed by atoms with Gasteiger partial charge in [0.1, 0.15) is 0 Å². The molecule has 1 N–H and O–H groups in total. The van der Waals surface area contributed by atoms with E-state index in [0.717, 1.165) is 6.42 Å². The first-order chi connectivity index (χ1) is 3.63. The quantitative estimate of drug-likeness (QED) is 0.506. The molecule has 1 nitrogen and oxygen atoms in total. The number of hydrogen-bond acceptors (Lipinski definition) is 1. The number of hydrogen-bond donors (Lipinski definition) is 1. The van der Waals surface area contributed by atoms with E-state index in [1.54, 1.807) is 0 Å². The van der Waals surface area contributed by atoms with E-state index in [-0.39, 0.29) is 5.60 Å². The molecule has 0 radical (unpaired) electrons. The normalized spacial score (nSPS) is 47.6. The lowest BCUT2D eigenvalue weighted by Gasteiger charge is -2.20. The molecular weight excluding hydrogens is 100 g/mol. The van der Waals surface area contributed by atoms with Crippen LogP contribution in [-0.2, 0) is 0 Å². The Kier molecular flexibility index (Phi) is 1.31. The summed E-state index contributed by atoms with van der Waals surface area (Å²) in [5, 5.41) is 9.46. The molecule has 48 valence electrons. The molecule has 1 heteroatoms. The molecular formula is C7H14O. The molecule has 0 spiro atoms. The molecule has 0 aromatic heterocycles. The van der Waals surface area contributed by atoms with Crippen LogP contribution in [0, 0.1) is 5.92 Å². The maximum absolute atomic E-state index is 9.46. The molecule has 0 amide bonds. The first-order valence-electron chi connectivity index (χ1n) is 3.35. The Labute approximate surface area is 50.7 Å². The highest BCUT2D eigenvalue weighted by Crippen LogP contribution is 2.34. The van der Waals surface area contributed by atoms with Gasteiger partial charge in [-0.3, -0.25) is 0 Å². The highest BCUT2D eigenvalue weighted by atomic mass is 16.3. The van der Waals surface area contributed by atoms with Crippen LogP contribution < -0.4 is 0 Å². The van der Waals surface area contributed by atoms with Crippen LogP contribution in [0.5, 0.6) is 0 Å². The van der Waals surface area contributed by atoms with Gasteiger partial charge in [0.25, 0.3) is 0 Å². The molecule has 1 aliphatic rings. The minimum atomic E-state index is -0.347. The van der Waals surface area contributed by atoms with Crippen molar-refractivity contribution >= 4 is 0 Å². The molecule has 1 fully saturated rings. The van der Waals surface area contributed by atoms with Crippen LogP contribution in [0.1, 0.15) is 33.1 Å². The highest BCUT2D eigenvalue weighted by molar-refractivity contribution is 4.84. The van der Waals surface area contributed by atoms with Crippen LogP contribution in [0.2, 0.25) is 0 Å². The van der Waals surface area contributed by atoms with Gasteiger partial charge >= 0.3 is 0 Å². The Balaban J connectivity index is 2.54. The monoisotopic (exact) mass is 114 g/mol. The zero-order valence-electron chi connectivity index (χ0n) is 5.65. The summed E-state index contributed by atoms with van der Waals surface area (Å²) in [5.41, 5.74) is -0.347. The van der Waals surface area contributed by atoms with Crippen LogP contribution in [0.3, 0.4) is 0 Å². The fourth-order valence-corrected chi connectivity index (χ4v) is 1.32. The lowest BCUT2D eigenvalue weighted by Crippen LogP contribution is -2.26. The zero-order valence-corrected chi connectivity index (χ0v) is 5.65. The summed E-state index contributed by atoms with van der Waals surface area (Å²) in [6.07, 6.45) is 3.40. The second-order valence-corrected chi connectivity index (χ2v) is 3.15. The van der Waals surface area contributed by atoms with E-state index < -0.39 is 0 Å². The van der Waals surface area contributed by atoms with Crippen molar-refractivity contribution in [3.63, 3.8) is 0 Å². The molecule has 0 bridgehead atoms. The molecule has 8 heavy (non-hydrogen) atoms. The second-order valence-electron chi connectivity index (χ2n) is 3.15. The van der Waals surface area contributed by atoms with Gasteiger partial charge in [0, 0.05) is 0 Å². The maximum atomic E-state index is 9.46. The average molecular weight is 114 g/mol. The molecule has 0 aromatic carbocycles. The Hall–Kier alpha value is -0.0400. The van der Waals surface area contributed by atoms with Gasteiger partial charge in [-0.1, -0.05) is 13.3 Å². The van der Waals surface area contributed by atoms with Crippen molar-refractivity contribution in [1.29, 1.82) is 0 Å². The smallest absolute Gasteiger partial charge is 0.0645 e. The van der Waals surface area contributed by atoms with E-state index in [2.05, 4.69) is 6.92 Å². The SMILES string of the molecule is C[C@H]1CCC[C@]1(C)O. The van der Waals surface area contributed by atoms with E-state index in [1.165, 1.54) is 12.8 Å². The minimum absolute atomic E-state index is 0.347. The van der Waals surface area contributed by atoms with E-state index in [9.17, 15) is 5.11 Å². The summed E-state index contributed by atoms with van der Waals surface area (Å²) >= 11 is 0. The average Bonchev–Trinajstić information content (AvgIpc) is 1.86. The van der Waals surface area contributed by atoms with Crippen LogP contribution >= 0.6 is 0 Å². The van der Waals surface area contributed by atoms with Crippen molar-refractivity contribution in [2.24, 2.45) is 5.92 Å². The lowest BCUT2D eigenvalue weighted by atomic mass is 9.95. The first kappa shape index (κ1) is 6.09. The third kappa shape index (κ3) is 0.873. The summed E-state index contributed by atoms with van der Waals surface area (Å²) in [7, 11) is 0. The summed E-state index contributed by atoms with van der Waals surface area (Å²) in [6.45, 7) is 4.05. The summed E-state index contributed by atoms with van der Waals surface area (Å²) in [4.78, 5) is 0. The van der Waals surface area contributed by atoms with Crippen molar-refractivity contribution in [3.05, 3.63) is 0 Å². The largest absolute Gasteiger partial charge is 0.390 e. The standard InChI is InChI=1S/C7H14O/c1-6-4-3-5-7(6,2)8/h6,8H,3-5H2,1-2H3/t6-,7-/m0/s1. The van der Waals surface area contributed by atoms with Gasteiger partial charge < -0.3 is 5.11 Å². The minimum Gasteiger partial charge on any atom is -0.390 e.